The summed E-state index contributed by atoms with van der Waals surface area (Å²) in [6.45, 7) is 3.90. The zero-order valence-corrected chi connectivity index (χ0v) is 20.8. The van der Waals surface area contributed by atoms with Crippen LogP contribution in [-0.2, 0) is 11.2 Å². The summed E-state index contributed by atoms with van der Waals surface area (Å²) in [6.07, 6.45) is 1.95. The molecule has 0 saturated carbocycles. The fraction of sp³-hybridized carbons (Fsp3) is 0.167. The first-order chi connectivity index (χ1) is 18.5. The van der Waals surface area contributed by atoms with Gasteiger partial charge in [0.2, 0.25) is 0 Å². The number of H-pyrrole nitrogens is 1. The van der Waals surface area contributed by atoms with Crippen LogP contribution in [0.15, 0.2) is 85.5 Å². The molecule has 1 fully saturated rings. The highest BCUT2D eigenvalue weighted by atomic mass is 16.5. The average molecular weight is 507 g/mol. The number of ether oxygens (including phenoxy) is 1. The molecule has 0 radical (unpaired) electrons. The van der Waals surface area contributed by atoms with Gasteiger partial charge in [-0.05, 0) is 41.5 Å². The number of benzene rings is 3. The van der Waals surface area contributed by atoms with E-state index in [0.29, 0.717) is 12.2 Å². The van der Waals surface area contributed by atoms with Gasteiger partial charge in [0.05, 0.1) is 18.4 Å². The highest BCUT2D eigenvalue weighted by Crippen LogP contribution is 2.45. The normalized spacial score (nSPS) is 18.3. The molecular formula is C30H26N4O4. The van der Waals surface area contributed by atoms with Crippen LogP contribution in [-0.4, -0.2) is 47.4 Å². The average Bonchev–Trinajstić information content (AvgIpc) is 3.44. The molecule has 0 spiro atoms. The molecule has 2 aliphatic rings. The van der Waals surface area contributed by atoms with Crippen molar-refractivity contribution < 1.29 is 19.1 Å². The summed E-state index contributed by atoms with van der Waals surface area (Å²) in [5.74, 6) is -0.0369. The second kappa shape index (κ2) is 9.23. The molecule has 3 heterocycles. The van der Waals surface area contributed by atoms with Crippen molar-refractivity contribution in [2.45, 2.75) is 18.5 Å². The number of amides is 4. The van der Waals surface area contributed by atoms with E-state index in [-0.39, 0.29) is 29.6 Å². The molecule has 6 rings (SSSR count). The number of nitrogens with one attached hydrogen (secondary N) is 2. The molecule has 0 aliphatic carbocycles. The minimum atomic E-state index is -0.717. The van der Waals surface area contributed by atoms with E-state index in [4.69, 9.17) is 4.74 Å². The molecule has 1 saturated heterocycles. The number of nitrogens with zero attached hydrogens (tertiary/aromatic N) is 2. The van der Waals surface area contributed by atoms with Gasteiger partial charge >= 0.3 is 6.03 Å². The SMILES string of the molecule is C=CCNC(=O)c1ccccc1N1C(=O)C2Cc3c([nH]c4ccccc34)C(c3ccc(OC)cc3)N2C1=O. The van der Waals surface area contributed by atoms with Crippen molar-refractivity contribution in [1.29, 1.82) is 0 Å². The lowest BCUT2D eigenvalue weighted by Crippen LogP contribution is -2.44. The summed E-state index contributed by atoms with van der Waals surface area (Å²) in [7, 11) is 1.60. The Hall–Kier alpha value is -4.85. The van der Waals surface area contributed by atoms with Crippen molar-refractivity contribution in [2.75, 3.05) is 18.6 Å². The van der Waals surface area contributed by atoms with E-state index >= 15 is 0 Å². The van der Waals surface area contributed by atoms with Crippen molar-refractivity contribution in [3.05, 3.63) is 108 Å². The summed E-state index contributed by atoms with van der Waals surface area (Å²) in [4.78, 5) is 47.3. The lowest BCUT2D eigenvalue weighted by molar-refractivity contribution is -0.120. The lowest BCUT2D eigenvalue weighted by atomic mass is 9.89. The van der Waals surface area contributed by atoms with Crippen molar-refractivity contribution in [2.24, 2.45) is 0 Å². The second-order valence-corrected chi connectivity index (χ2v) is 9.34. The minimum absolute atomic E-state index is 0.251. The predicted molar refractivity (Wildman–Crippen MR) is 144 cm³/mol. The van der Waals surface area contributed by atoms with Gasteiger partial charge in [0.25, 0.3) is 11.8 Å². The zero-order valence-electron chi connectivity index (χ0n) is 20.8. The van der Waals surface area contributed by atoms with Crippen molar-refractivity contribution in [3.8, 4) is 5.75 Å². The number of hydrogen-bond acceptors (Lipinski definition) is 4. The number of para-hydroxylation sites is 2. The number of carbonyl (C=O) groups excluding carboxylic acids is 3. The molecule has 0 bridgehead atoms. The largest absolute Gasteiger partial charge is 0.497 e. The van der Waals surface area contributed by atoms with Gasteiger partial charge in [0.15, 0.2) is 0 Å². The third-order valence-corrected chi connectivity index (χ3v) is 7.28. The highest BCUT2D eigenvalue weighted by molar-refractivity contribution is 6.24. The number of aromatic amines is 1. The smallest absolute Gasteiger partial charge is 0.332 e. The molecular weight excluding hydrogens is 480 g/mol. The Labute approximate surface area is 219 Å². The quantitative estimate of drug-likeness (QED) is 0.296. The predicted octanol–water partition coefficient (Wildman–Crippen LogP) is 4.58. The summed E-state index contributed by atoms with van der Waals surface area (Å²) in [5.41, 5.74) is 4.22. The number of urea groups is 1. The van der Waals surface area contributed by atoms with E-state index in [1.807, 2.05) is 48.5 Å². The van der Waals surface area contributed by atoms with E-state index < -0.39 is 18.1 Å². The van der Waals surface area contributed by atoms with Crippen LogP contribution in [0.3, 0.4) is 0 Å². The van der Waals surface area contributed by atoms with Gasteiger partial charge in [-0.2, -0.15) is 0 Å². The molecule has 3 aromatic carbocycles. The highest BCUT2D eigenvalue weighted by Gasteiger charge is 2.53. The van der Waals surface area contributed by atoms with E-state index in [0.717, 1.165) is 32.6 Å². The lowest BCUT2D eigenvalue weighted by Gasteiger charge is -2.36. The minimum Gasteiger partial charge on any atom is -0.497 e. The van der Waals surface area contributed by atoms with E-state index in [1.165, 1.54) is 0 Å². The zero-order chi connectivity index (χ0) is 26.4. The Morgan fingerprint density at radius 1 is 1.08 bits per heavy atom. The van der Waals surface area contributed by atoms with Crippen LogP contribution >= 0.6 is 0 Å². The van der Waals surface area contributed by atoms with Crippen LogP contribution < -0.4 is 15.0 Å². The van der Waals surface area contributed by atoms with Crippen LogP contribution in [0.25, 0.3) is 10.9 Å². The molecule has 2 aliphatic heterocycles. The van der Waals surface area contributed by atoms with Gasteiger partial charge in [-0.1, -0.05) is 48.5 Å². The molecule has 8 nitrogen and oxygen atoms in total. The van der Waals surface area contributed by atoms with E-state index in [1.54, 1.807) is 42.4 Å². The van der Waals surface area contributed by atoms with Gasteiger partial charge in [-0.15, -0.1) is 6.58 Å². The van der Waals surface area contributed by atoms with Gasteiger partial charge < -0.3 is 15.0 Å². The number of methoxy groups -OCH3 is 1. The number of anilines is 1. The number of fused-ring (bicyclic) bond motifs is 4. The third kappa shape index (κ3) is 3.56. The number of imide groups is 1. The first-order valence-electron chi connectivity index (χ1n) is 12.4. The van der Waals surface area contributed by atoms with Crippen molar-refractivity contribution in [1.82, 2.24) is 15.2 Å². The molecule has 8 heteroatoms. The Kier molecular flexibility index (Phi) is 5.72. The maximum absolute atomic E-state index is 14.1. The van der Waals surface area contributed by atoms with Gasteiger partial charge in [0.1, 0.15) is 17.8 Å². The molecule has 2 atom stereocenters. The van der Waals surface area contributed by atoms with Gasteiger partial charge in [0, 0.05) is 29.6 Å². The first kappa shape index (κ1) is 23.5. The van der Waals surface area contributed by atoms with Crippen molar-refractivity contribution >= 4 is 34.4 Å². The standard InChI is InChI=1S/C30H26N4O4/c1-3-16-31-28(35)21-9-5-7-11-24(21)34-29(36)25-17-22-20-8-4-6-10-23(20)32-26(22)27(33(25)30(34)37)18-12-14-19(38-2)15-13-18/h3-15,25,27,32H,1,16-17H2,2H3,(H,31,35). The van der Waals surface area contributed by atoms with Crippen LogP contribution in [0.2, 0.25) is 0 Å². The van der Waals surface area contributed by atoms with E-state index in [2.05, 4.69) is 16.9 Å². The Morgan fingerprint density at radius 2 is 1.82 bits per heavy atom. The molecule has 4 aromatic rings. The third-order valence-electron chi connectivity index (χ3n) is 7.28. The maximum Gasteiger partial charge on any atom is 0.332 e. The fourth-order valence-corrected chi connectivity index (χ4v) is 5.55. The van der Waals surface area contributed by atoms with Crippen LogP contribution in [0.4, 0.5) is 10.5 Å². The summed E-state index contributed by atoms with van der Waals surface area (Å²) < 4.78 is 5.34. The van der Waals surface area contributed by atoms with Crippen LogP contribution in [0.1, 0.15) is 33.2 Å². The summed E-state index contributed by atoms with van der Waals surface area (Å²) >= 11 is 0. The Bertz CT molecular complexity index is 1590. The second-order valence-electron chi connectivity index (χ2n) is 9.34. The summed E-state index contributed by atoms with van der Waals surface area (Å²) in [5, 5.41) is 3.77. The Balaban J connectivity index is 1.49. The number of carbonyl (C=O) groups is 3. The topological polar surface area (TPSA) is 94.7 Å². The van der Waals surface area contributed by atoms with Crippen LogP contribution in [0.5, 0.6) is 5.75 Å². The fourth-order valence-electron chi connectivity index (χ4n) is 5.55. The van der Waals surface area contributed by atoms with Crippen molar-refractivity contribution in [3.63, 3.8) is 0 Å². The molecule has 38 heavy (non-hydrogen) atoms. The number of hydrogen-bond donors (Lipinski definition) is 2. The molecule has 4 amide bonds. The van der Waals surface area contributed by atoms with Gasteiger partial charge in [-0.3, -0.25) is 14.5 Å². The number of rotatable bonds is 6. The number of aromatic nitrogens is 1. The Morgan fingerprint density at radius 3 is 2.58 bits per heavy atom. The maximum atomic E-state index is 14.1. The summed E-state index contributed by atoms with van der Waals surface area (Å²) in [6, 6.07) is 20.5. The molecule has 2 unspecified atom stereocenters. The molecule has 190 valence electrons. The monoisotopic (exact) mass is 506 g/mol. The molecule has 2 N–H and O–H groups in total. The van der Waals surface area contributed by atoms with E-state index in [9.17, 15) is 14.4 Å². The first-order valence-corrected chi connectivity index (χ1v) is 12.4. The van der Waals surface area contributed by atoms with Crippen LogP contribution in [0, 0.1) is 0 Å². The van der Waals surface area contributed by atoms with Gasteiger partial charge in [-0.25, -0.2) is 9.69 Å². The molecule has 1 aromatic heterocycles.